The van der Waals surface area contributed by atoms with Crippen molar-refractivity contribution in [1.82, 2.24) is 0 Å². The van der Waals surface area contributed by atoms with Crippen LogP contribution < -0.4 is 9.80 Å². The summed E-state index contributed by atoms with van der Waals surface area (Å²) in [6.45, 7) is -17.2. The number of benzene rings is 8. The van der Waals surface area contributed by atoms with Crippen LogP contribution in [0, 0.1) is 0 Å². The average molecular weight is 736 g/mol. The fourth-order valence-corrected chi connectivity index (χ4v) is 6.47. The van der Waals surface area contributed by atoms with Crippen molar-refractivity contribution >= 4 is 44.9 Å². The first-order valence-corrected chi connectivity index (χ1v) is 15.7. The van der Waals surface area contributed by atoms with Crippen molar-refractivity contribution < 1.29 is 56.2 Å². The van der Waals surface area contributed by atoms with E-state index >= 15 is 0 Å². The maximum Gasteiger partial charge on any atom is 0.0649 e. The van der Waals surface area contributed by atoms with E-state index in [1.807, 2.05) is 0 Å². The Hall–Kier alpha value is -6.38. The molecular formula is C52H42N2. The van der Waals surface area contributed by atoms with Gasteiger partial charge in [-0.1, -0.05) is 160 Å². The van der Waals surface area contributed by atoms with E-state index in [0.717, 1.165) is 0 Å². The number of rotatable bonds is 5. The molecule has 0 bridgehead atoms. The molecule has 54 heavy (non-hydrogen) atoms. The first kappa shape index (κ1) is 10.9. The molecule has 1 aliphatic heterocycles. The quantitative estimate of drug-likeness (QED) is 0.174. The van der Waals surface area contributed by atoms with E-state index in [1.54, 1.807) is 0 Å². The van der Waals surface area contributed by atoms with Gasteiger partial charge >= 0.3 is 0 Å². The van der Waals surface area contributed by atoms with Crippen LogP contribution in [0.4, 0.5) is 34.1 Å². The molecule has 0 saturated heterocycles. The molecule has 0 fully saturated rings. The molecule has 1 heterocycles. The van der Waals surface area contributed by atoms with Crippen molar-refractivity contribution in [3.63, 3.8) is 0 Å². The first-order chi connectivity index (χ1) is 43.4. The normalized spacial score (nSPS) is 26.3. The summed E-state index contributed by atoms with van der Waals surface area (Å²) in [5, 5.41) is -2.10. The zero-order valence-electron chi connectivity index (χ0n) is 68.0. The van der Waals surface area contributed by atoms with Crippen molar-refractivity contribution in [3.05, 3.63) is 204 Å². The molecule has 0 saturated carbocycles. The van der Waals surface area contributed by atoms with E-state index in [0.29, 0.717) is 6.07 Å². The zero-order chi connectivity index (χ0) is 71.8. The smallest absolute Gasteiger partial charge is 0.0649 e. The molecule has 2 nitrogen and oxygen atoms in total. The molecule has 8 aromatic carbocycles. The highest BCUT2D eigenvalue weighted by Gasteiger charge is 2.39. The zero-order valence-corrected chi connectivity index (χ0v) is 27.0. The van der Waals surface area contributed by atoms with Crippen LogP contribution in [0.15, 0.2) is 181 Å². The Bertz CT molecular complexity index is 4750. The van der Waals surface area contributed by atoms with Gasteiger partial charge in [-0.25, -0.2) is 0 Å². The summed E-state index contributed by atoms with van der Waals surface area (Å²) in [6.07, 6.45) is 0. The van der Waals surface area contributed by atoms with Crippen molar-refractivity contribution in [2.75, 3.05) is 9.80 Å². The maximum atomic E-state index is 10.6. The van der Waals surface area contributed by atoms with Crippen LogP contribution in [0.1, 0.15) is 106 Å². The molecule has 0 spiro atoms. The van der Waals surface area contributed by atoms with Gasteiger partial charge in [-0.3, -0.25) is 0 Å². The second-order valence-corrected chi connectivity index (χ2v) is 11.8. The van der Waals surface area contributed by atoms with Gasteiger partial charge in [0.25, 0.3) is 0 Å². The summed E-state index contributed by atoms with van der Waals surface area (Å²) in [6, 6.07) is -38.6. The number of nitrogens with zero attached hydrogens (tertiary/aromatic N) is 2. The Kier molecular flexibility index (Phi) is 2.43. The lowest BCUT2D eigenvalue weighted by Gasteiger charge is -2.43. The van der Waals surface area contributed by atoms with Crippen molar-refractivity contribution in [3.8, 4) is 22.3 Å². The van der Waals surface area contributed by atoms with Crippen LogP contribution in [0.3, 0.4) is 0 Å². The van der Waals surface area contributed by atoms with Crippen LogP contribution >= 0.6 is 0 Å². The summed E-state index contributed by atoms with van der Waals surface area (Å²) in [5.41, 5.74) is -27.4. The summed E-state index contributed by atoms with van der Waals surface area (Å²) < 4.78 is 378. The highest BCUT2D eigenvalue weighted by atomic mass is 15.2. The number of fused-ring (bicyclic) bond motifs is 6. The minimum absolute atomic E-state index is 0.0659. The monoisotopic (exact) mass is 736 g/mol. The highest BCUT2D eigenvalue weighted by molar-refractivity contribution is 6.07. The second-order valence-electron chi connectivity index (χ2n) is 11.8. The largest absolute Gasteiger partial charge is 0.310 e. The standard InChI is InChI=1S/C52H42N2/c1-51(2)44-24-14-13-23-42(44)43-31-28-38(33-46(43)51)53(37-20-9-6-10-21-37)39-29-32-49-47(34-39)52(3,4)45-25-15-16-26-48(45)54(49)50-40-22-12-11-19-36(40)27-30-41(50)35-17-7-5-8-18-35/h5-34H,1-4H3/i1D3,2D3,3D3,4D3,5D,6D,7D,8D,9D,10D,11D,12D,13D,14D,15D,16D,17D,18D,19D,20D,21D,22D,23D,24D,25D,26D,27D,28D,30D,31D,32D,33D,34D. The van der Waals surface area contributed by atoms with Gasteiger partial charge in [0, 0.05) is 55.3 Å². The fourth-order valence-electron chi connectivity index (χ4n) is 6.47. The number of hydrogen-bond acceptors (Lipinski definition) is 2. The number of para-hydroxylation sites is 2. The molecule has 0 atom stereocenters. The van der Waals surface area contributed by atoms with Crippen LogP contribution in [0.25, 0.3) is 33.0 Å². The van der Waals surface area contributed by atoms with Gasteiger partial charge < -0.3 is 9.80 Å². The third-order valence-corrected chi connectivity index (χ3v) is 8.81. The molecule has 2 aliphatic rings. The van der Waals surface area contributed by atoms with Crippen molar-refractivity contribution in [1.29, 1.82) is 0 Å². The van der Waals surface area contributed by atoms with E-state index in [2.05, 4.69) is 0 Å². The fraction of sp³-hybridized carbons (Fsp3) is 0.115. The lowest BCUT2D eigenvalue weighted by atomic mass is 9.73. The molecule has 260 valence electrons. The first-order valence-electron chi connectivity index (χ1n) is 36.2. The van der Waals surface area contributed by atoms with E-state index in [1.165, 1.54) is 0 Å². The van der Waals surface area contributed by atoms with Gasteiger partial charge in [-0.15, -0.1) is 0 Å². The number of anilines is 6. The summed E-state index contributed by atoms with van der Waals surface area (Å²) >= 11 is 0. The van der Waals surface area contributed by atoms with E-state index in [9.17, 15) is 27.4 Å². The molecule has 0 amide bonds. The molecule has 2 heteroatoms. The van der Waals surface area contributed by atoms with Crippen LogP contribution in [0.5, 0.6) is 0 Å². The highest BCUT2D eigenvalue weighted by Crippen LogP contribution is 2.56. The maximum absolute atomic E-state index is 10.6. The Morgan fingerprint density at radius 3 is 1.89 bits per heavy atom. The second kappa shape index (κ2) is 12.1. The molecule has 0 aromatic heterocycles. The minimum Gasteiger partial charge on any atom is -0.310 e. The Morgan fingerprint density at radius 2 is 1.07 bits per heavy atom. The average Bonchev–Trinajstić information content (AvgIpc) is 1.63. The van der Waals surface area contributed by atoms with Crippen molar-refractivity contribution in [2.45, 2.75) is 38.2 Å². The Balaban J connectivity index is 1.57. The van der Waals surface area contributed by atoms with E-state index in [4.69, 9.17) is 28.8 Å². The van der Waals surface area contributed by atoms with Gasteiger partial charge in [-0.05, 0) is 92.7 Å². The minimum atomic E-state index is -4.45. The third kappa shape index (κ3) is 4.80. The lowest BCUT2D eigenvalue weighted by Crippen LogP contribution is -2.31. The Labute approximate surface area is 376 Å². The molecule has 0 unspecified atom stereocenters. The molecule has 0 N–H and O–H groups in total. The molecule has 1 aliphatic carbocycles. The van der Waals surface area contributed by atoms with Crippen LogP contribution in [-0.4, -0.2) is 0 Å². The third-order valence-electron chi connectivity index (χ3n) is 8.81. The predicted molar refractivity (Wildman–Crippen MR) is 228 cm³/mol. The molecule has 0 radical (unpaired) electrons. The SMILES string of the molecule is [2H]c1cc(N(c2c([2H])c([2H])c([2H])c([2H])c2[2H])c2c([2H])c([2H])c3c(c2[2H])C(C([2H])([2H])[2H])(C([2H])([2H])[2H])c2c([2H])c([2H])c([2H])c([2H])c2-3)c([2H])c2c1N(c1c(-c3c([2H])c([2H])c([2H])c([2H])c3[2H])c([2H])c([2H])c3c([2H])c([2H])c([2H])c([2H])c13)c1c([2H])c([2H])c([2H])c([2H])c1C2(C([2H])([2H])[2H])C([2H])([2H])[2H]. The lowest BCUT2D eigenvalue weighted by molar-refractivity contribution is 0.632. The van der Waals surface area contributed by atoms with Gasteiger partial charge in [0.15, 0.2) is 0 Å². The van der Waals surface area contributed by atoms with Gasteiger partial charge in [0.1, 0.15) is 0 Å². The van der Waals surface area contributed by atoms with E-state index in [-0.39, 0.29) is 9.80 Å². The van der Waals surface area contributed by atoms with E-state index < -0.39 is 303 Å². The van der Waals surface area contributed by atoms with Gasteiger partial charge in [0.2, 0.25) is 0 Å². The summed E-state index contributed by atoms with van der Waals surface area (Å²) in [7, 11) is 0. The topological polar surface area (TPSA) is 6.48 Å². The van der Waals surface area contributed by atoms with Gasteiger partial charge in [0.05, 0.1) is 56.8 Å². The Morgan fingerprint density at radius 1 is 0.463 bits per heavy atom. The predicted octanol–water partition coefficient (Wildman–Crippen LogP) is 14.4. The summed E-state index contributed by atoms with van der Waals surface area (Å²) in [4.78, 5) is 0.351. The molecular weight excluding hydrogens is 653 g/mol. The van der Waals surface area contributed by atoms with Crippen LogP contribution in [0.2, 0.25) is 0 Å². The van der Waals surface area contributed by atoms with Crippen LogP contribution in [-0.2, 0) is 10.8 Å². The summed E-state index contributed by atoms with van der Waals surface area (Å²) in [5.74, 6) is 0. The number of hydrogen-bond donors (Lipinski definition) is 0. The molecule has 10 rings (SSSR count). The van der Waals surface area contributed by atoms with Gasteiger partial charge in [-0.2, -0.15) is 0 Å². The molecule has 8 aromatic rings. The van der Waals surface area contributed by atoms with Crippen molar-refractivity contribution in [2.24, 2.45) is 0 Å².